The van der Waals surface area contributed by atoms with Gasteiger partial charge in [-0.1, -0.05) is 90.5 Å². The van der Waals surface area contributed by atoms with Crippen LogP contribution in [0, 0.1) is 12.8 Å². The Bertz CT molecular complexity index is 960. The molecule has 0 spiro atoms. The van der Waals surface area contributed by atoms with Gasteiger partial charge in [-0.15, -0.1) is 0 Å². The van der Waals surface area contributed by atoms with E-state index in [0.717, 1.165) is 43.4 Å². The molecule has 0 saturated heterocycles. The largest absolute Gasteiger partial charge is 0.369 e. The SMILES string of the molecule is Cc1cccc(CCNC2CCC(C(C(N)=O)(c3ccccc3)c3ccccc3)C2)c1. The second-order valence-electron chi connectivity index (χ2n) is 8.80. The molecule has 160 valence electrons. The number of amides is 1. The van der Waals surface area contributed by atoms with Crippen LogP contribution < -0.4 is 11.1 Å². The normalized spacial score (nSPS) is 18.7. The van der Waals surface area contributed by atoms with E-state index in [2.05, 4.69) is 60.8 Å². The Morgan fingerprint density at radius 2 is 1.58 bits per heavy atom. The second-order valence-corrected chi connectivity index (χ2v) is 8.80. The van der Waals surface area contributed by atoms with Crippen LogP contribution in [0.5, 0.6) is 0 Å². The molecule has 3 aromatic carbocycles. The molecule has 1 fully saturated rings. The predicted octanol–water partition coefficient (Wildman–Crippen LogP) is 4.77. The van der Waals surface area contributed by atoms with Gasteiger partial charge in [0.05, 0.1) is 0 Å². The Balaban J connectivity index is 1.54. The number of hydrogen-bond acceptors (Lipinski definition) is 2. The highest BCUT2D eigenvalue weighted by Gasteiger charge is 2.49. The molecule has 0 radical (unpaired) electrons. The minimum atomic E-state index is -0.796. The molecular formula is C28H32N2O. The smallest absolute Gasteiger partial charge is 0.232 e. The highest BCUT2D eigenvalue weighted by Crippen LogP contribution is 2.46. The van der Waals surface area contributed by atoms with Crippen molar-refractivity contribution in [3.8, 4) is 0 Å². The maximum Gasteiger partial charge on any atom is 0.232 e. The van der Waals surface area contributed by atoms with Crippen molar-refractivity contribution in [2.24, 2.45) is 11.7 Å². The Kier molecular flexibility index (Phi) is 6.53. The number of hydrogen-bond donors (Lipinski definition) is 2. The molecule has 3 heteroatoms. The average Bonchev–Trinajstić information content (AvgIpc) is 3.25. The second kappa shape index (κ2) is 9.49. The molecule has 2 atom stereocenters. The van der Waals surface area contributed by atoms with Crippen LogP contribution in [0.3, 0.4) is 0 Å². The minimum Gasteiger partial charge on any atom is -0.369 e. The van der Waals surface area contributed by atoms with Crippen LogP contribution >= 0.6 is 0 Å². The lowest BCUT2D eigenvalue weighted by Crippen LogP contribution is -2.48. The maximum atomic E-state index is 13.1. The van der Waals surface area contributed by atoms with Crippen LogP contribution in [0.25, 0.3) is 0 Å². The summed E-state index contributed by atoms with van der Waals surface area (Å²) in [6.45, 7) is 3.08. The molecule has 0 aliphatic heterocycles. The van der Waals surface area contributed by atoms with Gasteiger partial charge in [0, 0.05) is 6.04 Å². The first kappa shape index (κ1) is 21.3. The summed E-state index contributed by atoms with van der Waals surface area (Å²) in [4.78, 5) is 13.1. The number of nitrogens with one attached hydrogen (secondary N) is 1. The molecule has 2 unspecified atom stereocenters. The van der Waals surface area contributed by atoms with E-state index in [4.69, 9.17) is 5.73 Å². The monoisotopic (exact) mass is 412 g/mol. The van der Waals surface area contributed by atoms with Crippen LogP contribution in [0.15, 0.2) is 84.9 Å². The number of carbonyl (C=O) groups excluding carboxylic acids is 1. The Morgan fingerprint density at radius 1 is 0.935 bits per heavy atom. The van der Waals surface area contributed by atoms with Crippen LogP contribution in [-0.2, 0) is 16.6 Å². The molecule has 3 N–H and O–H groups in total. The molecule has 0 bridgehead atoms. The van der Waals surface area contributed by atoms with E-state index in [1.54, 1.807) is 0 Å². The van der Waals surface area contributed by atoms with E-state index < -0.39 is 5.41 Å². The molecule has 4 rings (SSSR count). The summed E-state index contributed by atoms with van der Waals surface area (Å²) >= 11 is 0. The molecule has 1 aliphatic carbocycles. The topological polar surface area (TPSA) is 55.1 Å². The summed E-state index contributed by atoms with van der Waals surface area (Å²) < 4.78 is 0. The molecule has 1 saturated carbocycles. The summed E-state index contributed by atoms with van der Waals surface area (Å²) in [5.41, 5.74) is 10.1. The third kappa shape index (κ3) is 4.42. The maximum absolute atomic E-state index is 13.1. The Morgan fingerprint density at radius 3 is 2.16 bits per heavy atom. The van der Waals surface area contributed by atoms with Crippen molar-refractivity contribution < 1.29 is 4.79 Å². The van der Waals surface area contributed by atoms with Gasteiger partial charge in [-0.25, -0.2) is 0 Å². The standard InChI is InChI=1S/C28H32N2O/c1-21-9-8-10-22(19-21)17-18-30-26-16-15-25(20-26)28(27(29)31,23-11-4-2-5-12-23)24-13-6-3-7-14-24/h2-14,19,25-26,30H,15-18,20H2,1H3,(H2,29,31). The fourth-order valence-corrected chi connectivity index (χ4v) is 5.37. The molecule has 0 aromatic heterocycles. The minimum absolute atomic E-state index is 0.172. The van der Waals surface area contributed by atoms with Crippen molar-refractivity contribution in [3.63, 3.8) is 0 Å². The fraction of sp³-hybridized carbons (Fsp3) is 0.321. The van der Waals surface area contributed by atoms with Gasteiger partial charge in [0.2, 0.25) is 5.91 Å². The van der Waals surface area contributed by atoms with Crippen LogP contribution in [0.4, 0.5) is 0 Å². The average molecular weight is 413 g/mol. The van der Waals surface area contributed by atoms with Crippen LogP contribution in [0.2, 0.25) is 0 Å². The van der Waals surface area contributed by atoms with E-state index in [1.807, 2.05) is 36.4 Å². The van der Waals surface area contributed by atoms with Crippen molar-refractivity contribution >= 4 is 5.91 Å². The summed E-state index contributed by atoms with van der Waals surface area (Å²) in [5.74, 6) is -0.0819. The quantitative estimate of drug-likeness (QED) is 0.560. The zero-order valence-corrected chi connectivity index (χ0v) is 18.3. The summed E-state index contributed by atoms with van der Waals surface area (Å²) in [5, 5.41) is 3.74. The Labute approximate surface area is 185 Å². The number of primary amides is 1. The molecule has 3 aromatic rings. The van der Waals surface area contributed by atoms with Crippen LogP contribution in [-0.4, -0.2) is 18.5 Å². The first-order chi connectivity index (χ1) is 15.1. The van der Waals surface area contributed by atoms with Gasteiger partial charge < -0.3 is 11.1 Å². The number of nitrogens with two attached hydrogens (primary N) is 1. The Hall–Kier alpha value is -2.91. The zero-order chi connectivity index (χ0) is 21.7. The van der Waals surface area contributed by atoms with Crippen molar-refractivity contribution in [3.05, 3.63) is 107 Å². The third-order valence-electron chi connectivity index (χ3n) is 6.82. The highest BCUT2D eigenvalue weighted by atomic mass is 16.1. The number of aryl methyl sites for hydroxylation is 1. The molecule has 31 heavy (non-hydrogen) atoms. The van der Waals surface area contributed by atoms with E-state index in [1.165, 1.54) is 11.1 Å². The first-order valence-corrected chi connectivity index (χ1v) is 11.3. The number of carbonyl (C=O) groups is 1. The van der Waals surface area contributed by atoms with Gasteiger partial charge in [0.15, 0.2) is 0 Å². The van der Waals surface area contributed by atoms with Gasteiger partial charge in [-0.05, 0) is 61.8 Å². The van der Waals surface area contributed by atoms with Gasteiger partial charge in [-0.3, -0.25) is 4.79 Å². The summed E-state index contributed by atoms with van der Waals surface area (Å²) in [6, 6.07) is 29.3. The third-order valence-corrected chi connectivity index (χ3v) is 6.82. The van der Waals surface area contributed by atoms with E-state index >= 15 is 0 Å². The molecular weight excluding hydrogens is 380 g/mol. The lowest BCUT2D eigenvalue weighted by atomic mass is 9.64. The lowest BCUT2D eigenvalue weighted by Gasteiger charge is -2.37. The highest BCUT2D eigenvalue weighted by molar-refractivity contribution is 5.91. The van der Waals surface area contributed by atoms with Gasteiger partial charge in [0.1, 0.15) is 5.41 Å². The molecule has 1 aliphatic rings. The van der Waals surface area contributed by atoms with Gasteiger partial charge in [-0.2, -0.15) is 0 Å². The number of rotatable bonds is 8. The van der Waals surface area contributed by atoms with E-state index in [-0.39, 0.29) is 11.8 Å². The molecule has 3 nitrogen and oxygen atoms in total. The number of benzene rings is 3. The van der Waals surface area contributed by atoms with Crippen molar-refractivity contribution in [2.45, 2.75) is 44.1 Å². The van der Waals surface area contributed by atoms with Crippen molar-refractivity contribution in [1.82, 2.24) is 5.32 Å². The van der Waals surface area contributed by atoms with Gasteiger partial charge in [0.25, 0.3) is 0 Å². The van der Waals surface area contributed by atoms with E-state index in [0.29, 0.717) is 6.04 Å². The molecule has 0 heterocycles. The van der Waals surface area contributed by atoms with Crippen LogP contribution in [0.1, 0.15) is 41.5 Å². The fourth-order valence-electron chi connectivity index (χ4n) is 5.37. The first-order valence-electron chi connectivity index (χ1n) is 11.3. The predicted molar refractivity (Wildman–Crippen MR) is 127 cm³/mol. The van der Waals surface area contributed by atoms with Crippen molar-refractivity contribution in [1.29, 1.82) is 0 Å². The van der Waals surface area contributed by atoms with E-state index in [9.17, 15) is 4.79 Å². The van der Waals surface area contributed by atoms with Gasteiger partial charge >= 0.3 is 0 Å². The lowest BCUT2D eigenvalue weighted by molar-refractivity contribution is -0.123. The summed E-state index contributed by atoms with van der Waals surface area (Å²) in [6.07, 6.45) is 4.00. The molecule has 1 amide bonds. The zero-order valence-electron chi connectivity index (χ0n) is 18.3. The van der Waals surface area contributed by atoms with Crippen molar-refractivity contribution in [2.75, 3.05) is 6.54 Å². The summed E-state index contributed by atoms with van der Waals surface area (Å²) in [7, 11) is 0.